The Morgan fingerprint density at radius 3 is 2.62 bits per heavy atom. The maximum Gasteiger partial charge on any atom is 0.416 e. The molecule has 0 unspecified atom stereocenters. The first kappa shape index (κ1) is 33.1. The Labute approximate surface area is 275 Å². The highest BCUT2D eigenvalue weighted by Gasteiger charge is 2.31. The molecule has 0 spiro atoms. The maximum atomic E-state index is 13.1. The summed E-state index contributed by atoms with van der Waals surface area (Å²) in [6.07, 6.45) is 7.95. The number of nitrogens with one attached hydrogen (secondary N) is 5. The summed E-state index contributed by atoms with van der Waals surface area (Å²) in [5, 5.41) is 20.6. The molecule has 1 aliphatic carbocycles. The number of alkyl halides is 3. The van der Waals surface area contributed by atoms with Gasteiger partial charge in [0.15, 0.2) is 0 Å². The van der Waals surface area contributed by atoms with Crippen LogP contribution in [0, 0.1) is 0 Å². The lowest BCUT2D eigenvalue weighted by molar-refractivity contribution is -0.137. The zero-order chi connectivity index (χ0) is 33.7. The summed E-state index contributed by atoms with van der Waals surface area (Å²) in [5.74, 6) is -0.0823. The van der Waals surface area contributed by atoms with Gasteiger partial charge in [-0.15, -0.1) is 0 Å². The summed E-state index contributed by atoms with van der Waals surface area (Å²) in [5.41, 5.74) is 2.31. The van der Waals surface area contributed by atoms with E-state index in [1.807, 2.05) is 6.08 Å². The Kier molecular flexibility index (Phi) is 10.0. The average Bonchev–Trinajstić information content (AvgIpc) is 3.55. The van der Waals surface area contributed by atoms with Crippen molar-refractivity contribution < 1.29 is 22.8 Å². The number of carbonyl (C=O) groups is 2. The number of hydrogen-bond donors (Lipinski definition) is 5. The molecule has 4 aromatic rings. The number of amides is 2. The van der Waals surface area contributed by atoms with E-state index < -0.39 is 17.6 Å². The first-order valence-corrected chi connectivity index (χ1v) is 16.1. The second-order valence-electron chi connectivity index (χ2n) is 12.1. The normalized spacial score (nSPS) is 17.9. The second kappa shape index (κ2) is 14.5. The van der Waals surface area contributed by atoms with E-state index in [9.17, 15) is 22.8 Å². The highest BCUT2D eigenvalue weighted by Crippen LogP contribution is 2.33. The molecule has 2 aliphatic rings. The van der Waals surface area contributed by atoms with Gasteiger partial charge >= 0.3 is 6.18 Å². The van der Waals surface area contributed by atoms with Crippen molar-refractivity contribution >= 4 is 40.4 Å². The minimum absolute atomic E-state index is 0.0783. The number of nitrogens with zero attached hydrogens (tertiary/aromatic N) is 4. The number of anilines is 2. The molecule has 2 fully saturated rings. The van der Waals surface area contributed by atoms with Crippen LogP contribution < -0.4 is 21.3 Å². The fourth-order valence-corrected chi connectivity index (χ4v) is 6.24. The van der Waals surface area contributed by atoms with Gasteiger partial charge in [-0.1, -0.05) is 43.5 Å². The lowest BCUT2D eigenvalue weighted by Crippen LogP contribution is -2.58. The molecule has 1 aromatic carbocycles. The van der Waals surface area contributed by atoms with Crippen LogP contribution in [0.4, 0.5) is 24.8 Å². The summed E-state index contributed by atoms with van der Waals surface area (Å²) < 4.78 is 39.2. The highest BCUT2D eigenvalue weighted by atomic mass is 19.4. The number of hydrogen-bond acceptors (Lipinski definition) is 8. The summed E-state index contributed by atoms with van der Waals surface area (Å²) in [6.45, 7) is 2.87. The average molecular weight is 662 g/mol. The van der Waals surface area contributed by atoms with Gasteiger partial charge in [0, 0.05) is 68.4 Å². The molecule has 1 atom stereocenters. The second-order valence-corrected chi connectivity index (χ2v) is 12.1. The molecule has 2 amide bonds. The third kappa shape index (κ3) is 7.66. The van der Waals surface area contributed by atoms with Gasteiger partial charge in [-0.25, -0.2) is 9.97 Å². The third-order valence-electron chi connectivity index (χ3n) is 8.80. The number of fused-ring (bicyclic) bond motifs is 1. The van der Waals surface area contributed by atoms with Gasteiger partial charge in [-0.2, -0.15) is 18.3 Å². The third-order valence-corrected chi connectivity index (χ3v) is 8.80. The molecule has 1 saturated carbocycles. The minimum atomic E-state index is -4.55. The first-order valence-electron chi connectivity index (χ1n) is 16.1. The summed E-state index contributed by atoms with van der Waals surface area (Å²) in [6, 6.07) is 8.30. The number of H-pyrrole nitrogens is 1. The van der Waals surface area contributed by atoms with Crippen molar-refractivity contribution in [3.05, 3.63) is 71.6 Å². The van der Waals surface area contributed by atoms with E-state index in [1.54, 1.807) is 37.5 Å². The lowest BCUT2D eigenvalue weighted by atomic mass is 9.95. The number of aromatic amines is 1. The number of rotatable bonds is 9. The molecule has 48 heavy (non-hydrogen) atoms. The lowest BCUT2D eigenvalue weighted by Gasteiger charge is -2.33. The number of benzene rings is 1. The van der Waals surface area contributed by atoms with E-state index in [1.165, 1.54) is 19.3 Å². The van der Waals surface area contributed by atoms with Crippen LogP contribution in [0.2, 0.25) is 0 Å². The van der Waals surface area contributed by atoms with E-state index in [0.717, 1.165) is 60.8 Å². The van der Waals surface area contributed by atoms with Gasteiger partial charge in [0.05, 0.1) is 22.7 Å². The first-order chi connectivity index (χ1) is 23.2. The van der Waals surface area contributed by atoms with Crippen LogP contribution in [0.1, 0.15) is 53.6 Å². The number of aromatic nitrogens is 4. The van der Waals surface area contributed by atoms with Crippen molar-refractivity contribution in [1.29, 1.82) is 0 Å². The van der Waals surface area contributed by atoms with E-state index in [4.69, 9.17) is 0 Å². The largest absolute Gasteiger partial charge is 0.416 e. The number of pyridine rings is 2. The van der Waals surface area contributed by atoms with Gasteiger partial charge in [0.1, 0.15) is 17.2 Å². The number of halogens is 3. The van der Waals surface area contributed by atoms with Crippen molar-refractivity contribution in [2.75, 3.05) is 43.9 Å². The van der Waals surface area contributed by atoms with Gasteiger partial charge in [0.2, 0.25) is 5.91 Å². The zero-order valence-electron chi connectivity index (χ0n) is 26.5. The van der Waals surface area contributed by atoms with Crippen LogP contribution in [-0.4, -0.2) is 82.2 Å². The Bertz CT molecular complexity index is 1780. The van der Waals surface area contributed by atoms with Crippen molar-refractivity contribution in [3.8, 4) is 11.3 Å². The van der Waals surface area contributed by atoms with E-state index in [-0.39, 0.29) is 29.4 Å². The molecule has 0 radical (unpaired) electrons. The zero-order valence-corrected chi connectivity index (χ0v) is 26.5. The van der Waals surface area contributed by atoms with Crippen LogP contribution in [0.5, 0.6) is 0 Å². The molecule has 252 valence electrons. The summed E-state index contributed by atoms with van der Waals surface area (Å²) >= 11 is 0. The predicted molar refractivity (Wildman–Crippen MR) is 178 cm³/mol. The molecular formula is C34H38F3N9O2. The fraction of sp³-hybridized carbons (Fsp3) is 0.382. The molecule has 1 aliphatic heterocycles. The van der Waals surface area contributed by atoms with Gasteiger partial charge in [-0.05, 0) is 37.1 Å². The van der Waals surface area contributed by atoms with Crippen molar-refractivity contribution in [2.45, 2.75) is 50.4 Å². The Balaban J connectivity index is 1.13. The molecule has 3 aromatic heterocycles. The Morgan fingerprint density at radius 1 is 1.08 bits per heavy atom. The minimum Gasteiger partial charge on any atom is -0.373 e. The van der Waals surface area contributed by atoms with Crippen LogP contribution in [0.3, 0.4) is 0 Å². The molecule has 6 rings (SSSR count). The van der Waals surface area contributed by atoms with Crippen LogP contribution >= 0.6 is 0 Å². The maximum absolute atomic E-state index is 13.1. The predicted octanol–water partition coefficient (Wildman–Crippen LogP) is 5.07. The van der Waals surface area contributed by atoms with Crippen molar-refractivity contribution in [3.63, 3.8) is 0 Å². The van der Waals surface area contributed by atoms with E-state index in [0.29, 0.717) is 30.1 Å². The summed E-state index contributed by atoms with van der Waals surface area (Å²) in [7, 11) is 1.77. The standard InChI is InChI=1S/C34H38F3N9O2/c1-38-31-28-29(21-9-11-22(12-10-21)32(47)43-27-18-24(13-14-40-27)34(35,36)37)44-45-30(28)23(19-41-31)6-5-16-46-17-15-39-26(20-46)33(48)42-25-7-3-2-4-8-25/h5-6,9-14,18-19,25-26,39H,2-4,7-8,15-17,20H2,1H3,(H,38,41)(H,42,48)(H,44,45)(H,40,43,47)/b6-5+/t26-/m1/s1. The van der Waals surface area contributed by atoms with Gasteiger partial charge in [0.25, 0.3) is 5.91 Å². The monoisotopic (exact) mass is 661 g/mol. The highest BCUT2D eigenvalue weighted by molar-refractivity contribution is 6.06. The Hall–Kier alpha value is -4.82. The molecular weight excluding hydrogens is 623 g/mol. The molecule has 4 heterocycles. The SMILES string of the molecule is CNc1ncc(/C=C/CN2CCN[C@@H](C(=O)NC3CCCCC3)C2)c2n[nH]c(-c3ccc(C(=O)Nc4cc(C(F)(F)F)ccn4)cc3)c12. The molecule has 0 bridgehead atoms. The van der Waals surface area contributed by atoms with Crippen LogP contribution in [0.15, 0.2) is 54.9 Å². The van der Waals surface area contributed by atoms with Crippen molar-refractivity contribution in [2.24, 2.45) is 0 Å². The van der Waals surface area contributed by atoms with Crippen LogP contribution in [-0.2, 0) is 11.0 Å². The van der Waals surface area contributed by atoms with Crippen molar-refractivity contribution in [1.82, 2.24) is 35.7 Å². The molecule has 1 saturated heterocycles. The number of carbonyl (C=O) groups excluding carboxylic acids is 2. The molecule has 14 heteroatoms. The van der Waals surface area contributed by atoms with E-state index in [2.05, 4.69) is 52.4 Å². The topological polar surface area (TPSA) is 140 Å². The smallest absolute Gasteiger partial charge is 0.373 e. The quantitative estimate of drug-likeness (QED) is 0.168. The number of piperazine rings is 1. The summed E-state index contributed by atoms with van der Waals surface area (Å²) in [4.78, 5) is 36.4. The molecule has 5 N–H and O–H groups in total. The van der Waals surface area contributed by atoms with Gasteiger partial charge < -0.3 is 21.3 Å². The Morgan fingerprint density at radius 2 is 1.88 bits per heavy atom. The van der Waals surface area contributed by atoms with E-state index >= 15 is 0 Å². The van der Waals surface area contributed by atoms with Gasteiger partial charge in [-0.3, -0.25) is 19.6 Å². The van der Waals surface area contributed by atoms with Crippen LogP contribution in [0.25, 0.3) is 28.2 Å². The molecule has 11 nitrogen and oxygen atoms in total. The fourth-order valence-electron chi connectivity index (χ4n) is 6.24.